The average molecular weight is 480 g/mol. The van der Waals surface area contributed by atoms with Crippen molar-refractivity contribution in [3.05, 3.63) is 88.0 Å². The van der Waals surface area contributed by atoms with Gasteiger partial charge in [-0.2, -0.15) is 5.26 Å². The molecule has 6 nitrogen and oxygen atoms in total. The highest BCUT2D eigenvalue weighted by atomic mass is 16.5. The number of Topliss-reactive ketones (excluding diaryl/α,β-unsaturated/α-hetero) is 1. The van der Waals surface area contributed by atoms with Gasteiger partial charge in [-0.05, 0) is 37.3 Å². The van der Waals surface area contributed by atoms with Crippen LogP contribution < -0.4 is 10.6 Å². The van der Waals surface area contributed by atoms with Gasteiger partial charge >= 0.3 is 0 Å². The quantitative estimate of drug-likeness (QED) is 0.638. The van der Waals surface area contributed by atoms with Crippen LogP contribution in [0.3, 0.4) is 0 Å². The van der Waals surface area contributed by atoms with Crippen LogP contribution in [0, 0.1) is 17.2 Å². The summed E-state index contributed by atoms with van der Waals surface area (Å²) in [7, 11) is 0. The molecule has 3 atom stereocenters. The zero-order chi connectivity index (χ0) is 25.6. The molecule has 0 aromatic heterocycles. The van der Waals surface area contributed by atoms with E-state index in [1.807, 2.05) is 42.2 Å². The van der Waals surface area contributed by atoms with E-state index in [2.05, 4.69) is 45.0 Å². The molecule has 6 heteroatoms. The fraction of sp³-hybridized carbons (Fsp3) is 0.367. The number of fused-ring (bicyclic) bond motifs is 2. The van der Waals surface area contributed by atoms with E-state index in [-0.39, 0.29) is 40.1 Å². The van der Waals surface area contributed by atoms with Gasteiger partial charge < -0.3 is 15.4 Å². The second-order valence-corrected chi connectivity index (χ2v) is 11.5. The second kappa shape index (κ2) is 7.10. The number of para-hydroxylation sites is 1. The Balaban J connectivity index is 1.73. The van der Waals surface area contributed by atoms with Crippen LogP contribution in [0.1, 0.15) is 63.6 Å². The summed E-state index contributed by atoms with van der Waals surface area (Å²) >= 11 is 0. The Hall–Kier alpha value is -3.85. The van der Waals surface area contributed by atoms with E-state index < -0.39 is 11.0 Å². The molecule has 2 aromatic rings. The molecular formula is C30H29N3O3. The van der Waals surface area contributed by atoms with Crippen molar-refractivity contribution in [3.63, 3.8) is 0 Å². The summed E-state index contributed by atoms with van der Waals surface area (Å²) in [4.78, 5) is 30.2. The van der Waals surface area contributed by atoms with Crippen molar-refractivity contribution in [3.8, 4) is 6.07 Å². The summed E-state index contributed by atoms with van der Waals surface area (Å²) in [6, 6.07) is 18.4. The highest BCUT2D eigenvalue weighted by Gasteiger charge is 2.66. The first-order valence-electron chi connectivity index (χ1n) is 12.5. The third-order valence-corrected chi connectivity index (χ3v) is 8.55. The molecular weight excluding hydrogens is 450 g/mol. The minimum atomic E-state index is -1.59. The lowest BCUT2D eigenvalue weighted by Gasteiger charge is -2.50. The van der Waals surface area contributed by atoms with Crippen molar-refractivity contribution in [2.24, 2.45) is 11.7 Å². The maximum absolute atomic E-state index is 14.8. The lowest BCUT2D eigenvalue weighted by Crippen LogP contribution is -2.58. The van der Waals surface area contributed by atoms with Crippen molar-refractivity contribution >= 4 is 17.4 Å². The second-order valence-electron chi connectivity index (χ2n) is 11.5. The van der Waals surface area contributed by atoms with Gasteiger partial charge in [0.05, 0.1) is 11.3 Å². The number of benzene rings is 2. The van der Waals surface area contributed by atoms with Gasteiger partial charge in [-0.25, -0.2) is 0 Å². The van der Waals surface area contributed by atoms with Crippen molar-refractivity contribution in [1.29, 1.82) is 5.26 Å². The molecule has 0 fully saturated rings. The first-order valence-corrected chi connectivity index (χ1v) is 12.5. The average Bonchev–Trinajstić information content (AvgIpc) is 3.07. The van der Waals surface area contributed by atoms with Crippen molar-refractivity contribution in [2.45, 2.75) is 63.3 Å². The Morgan fingerprint density at radius 1 is 1.03 bits per heavy atom. The molecule has 0 saturated carbocycles. The van der Waals surface area contributed by atoms with Crippen LogP contribution in [-0.2, 0) is 25.2 Å². The molecule has 4 aliphatic rings. The molecule has 1 spiro atoms. The molecule has 182 valence electrons. The van der Waals surface area contributed by atoms with Gasteiger partial charge in [-0.3, -0.25) is 9.59 Å². The lowest BCUT2D eigenvalue weighted by atomic mass is 9.63. The monoisotopic (exact) mass is 479 g/mol. The number of carbonyl (C=O) groups is 2. The molecule has 0 saturated heterocycles. The number of carbonyl (C=O) groups excluding carboxylic acids is 2. The Kier molecular flexibility index (Phi) is 4.46. The number of amides is 1. The number of nitriles is 1. The summed E-state index contributed by atoms with van der Waals surface area (Å²) in [6.45, 7) is 8.31. The minimum absolute atomic E-state index is 0.00849. The van der Waals surface area contributed by atoms with Gasteiger partial charge in [0.2, 0.25) is 11.8 Å². The van der Waals surface area contributed by atoms with Crippen LogP contribution in [0.2, 0.25) is 0 Å². The van der Waals surface area contributed by atoms with Crippen LogP contribution in [0.5, 0.6) is 0 Å². The number of hydrogen-bond donors (Lipinski definition) is 1. The van der Waals surface area contributed by atoms with E-state index in [0.717, 1.165) is 16.8 Å². The summed E-state index contributed by atoms with van der Waals surface area (Å²) in [5.41, 5.74) is 7.67. The normalized spacial score (nSPS) is 30.2. The summed E-state index contributed by atoms with van der Waals surface area (Å²) < 4.78 is 5.88. The molecule has 2 N–H and O–H groups in total. The number of nitrogens with two attached hydrogens (primary N) is 1. The first-order chi connectivity index (χ1) is 17.1. The van der Waals surface area contributed by atoms with Crippen LogP contribution >= 0.6 is 0 Å². The zero-order valence-corrected chi connectivity index (χ0v) is 21.0. The molecule has 0 unspecified atom stereocenters. The lowest BCUT2D eigenvalue weighted by molar-refractivity contribution is -0.126. The number of hydrogen-bond acceptors (Lipinski definition) is 5. The van der Waals surface area contributed by atoms with Crippen molar-refractivity contribution in [2.75, 3.05) is 4.90 Å². The SMILES string of the molecule is C[C@H]1CC(=O)C2=C(C1)OC(N)=C(C#N)[C@@]21C(=O)N2c3c1cccc3[C@](C)(c1ccccc1)CC2(C)C. The van der Waals surface area contributed by atoms with E-state index in [0.29, 0.717) is 30.6 Å². The fourth-order valence-electron chi connectivity index (χ4n) is 7.29. The summed E-state index contributed by atoms with van der Waals surface area (Å²) in [6.07, 6.45) is 1.47. The van der Waals surface area contributed by atoms with Gasteiger partial charge in [0.25, 0.3) is 0 Å². The van der Waals surface area contributed by atoms with Crippen LogP contribution in [-0.4, -0.2) is 17.2 Å². The van der Waals surface area contributed by atoms with Gasteiger partial charge in [-0.1, -0.05) is 62.4 Å². The number of rotatable bonds is 1. The Bertz CT molecular complexity index is 1460. The number of ketones is 1. The van der Waals surface area contributed by atoms with E-state index in [9.17, 15) is 14.9 Å². The van der Waals surface area contributed by atoms with Gasteiger partial charge in [-0.15, -0.1) is 0 Å². The molecule has 3 heterocycles. The van der Waals surface area contributed by atoms with E-state index in [1.54, 1.807) is 0 Å². The Labute approximate surface area is 211 Å². The van der Waals surface area contributed by atoms with Crippen LogP contribution in [0.25, 0.3) is 0 Å². The predicted molar refractivity (Wildman–Crippen MR) is 136 cm³/mol. The molecule has 0 radical (unpaired) electrons. The number of allylic oxidation sites excluding steroid dienone is 1. The number of anilines is 1. The molecule has 3 aliphatic heterocycles. The highest BCUT2D eigenvalue weighted by molar-refractivity contribution is 6.21. The number of ether oxygens (including phenoxy) is 1. The molecule has 2 aromatic carbocycles. The summed E-state index contributed by atoms with van der Waals surface area (Å²) in [5, 5.41) is 10.3. The third-order valence-electron chi connectivity index (χ3n) is 8.55. The molecule has 1 aliphatic carbocycles. The maximum Gasteiger partial charge on any atom is 0.248 e. The van der Waals surface area contributed by atoms with Crippen molar-refractivity contribution < 1.29 is 14.3 Å². The Morgan fingerprint density at radius 3 is 2.42 bits per heavy atom. The molecule has 0 bridgehead atoms. The summed E-state index contributed by atoms with van der Waals surface area (Å²) in [5.74, 6) is -0.0457. The minimum Gasteiger partial charge on any atom is -0.444 e. The first kappa shape index (κ1) is 22.6. The topological polar surface area (TPSA) is 96.4 Å². The van der Waals surface area contributed by atoms with Gasteiger partial charge in [0, 0.05) is 29.4 Å². The molecule has 6 rings (SSSR count). The maximum atomic E-state index is 14.8. The largest absolute Gasteiger partial charge is 0.444 e. The standard InChI is InChI=1S/C30H29N3O3/c1-17-13-22(34)24-23(14-17)36-26(32)21(15-31)30(24)20-12-8-11-19-25(20)33(27(30)35)28(2,3)16-29(19,4)18-9-6-5-7-10-18/h5-12,17H,13-14,16,32H2,1-4H3/t17-,29-,30+/m0/s1. The smallest absolute Gasteiger partial charge is 0.248 e. The Morgan fingerprint density at radius 2 is 1.72 bits per heavy atom. The molecule has 36 heavy (non-hydrogen) atoms. The molecule has 1 amide bonds. The highest BCUT2D eigenvalue weighted by Crippen LogP contribution is 2.62. The zero-order valence-electron chi connectivity index (χ0n) is 21.0. The van der Waals surface area contributed by atoms with Gasteiger partial charge in [0.1, 0.15) is 22.8 Å². The number of nitrogens with zero attached hydrogens (tertiary/aromatic N) is 2. The van der Waals surface area contributed by atoms with Gasteiger partial charge in [0.15, 0.2) is 5.78 Å². The van der Waals surface area contributed by atoms with Crippen LogP contribution in [0.4, 0.5) is 5.69 Å². The van der Waals surface area contributed by atoms with E-state index in [1.165, 1.54) is 0 Å². The van der Waals surface area contributed by atoms with E-state index in [4.69, 9.17) is 10.5 Å². The fourth-order valence-corrected chi connectivity index (χ4v) is 7.29. The van der Waals surface area contributed by atoms with E-state index >= 15 is 0 Å². The van der Waals surface area contributed by atoms with Crippen molar-refractivity contribution in [1.82, 2.24) is 0 Å². The van der Waals surface area contributed by atoms with Crippen LogP contribution in [0.15, 0.2) is 71.3 Å². The third kappa shape index (κ3) is 2.55. The predicted octanol–water partition coefficient (Wildman–Crippen LogP) is 4.74.